The molecule has 0 radical (unpaired) electrons. The molecule has 2 aliphatic carbocycles. The number of nitrogens with zero attached hydrogens (tertiary/aromatic N) is 3. The van der Waals surface area contributed by atoms with Gasteiger partial charge in [0.15, 0.2) is 5.96 Å². The van der Waals surface area contributed by atoms with Crippen LogP contribution < -0.4 is 10.6 Å². The monoisotopic (exact) mass is 517 g/mol. The molecule has 0 bridgehead atoms. The second kappa shape index (κ2) is 9.63. The Balaban J connectivity index is 0.00000225. The molecule has 1 heterocycles. The Kier molecular flexibility index (Phi) is 7.44. The standard InChI is InChI=1S/C20H28ClN5O.HI/c1-22-20(24-18-12-17(18)14-3-2-4-15(21)11-14)26-9-7-25(8-10-26)13-19(27)23-16-5-6-16;/h2-4,11,16-18H,5-10,12-13H2,1H3,(H,22,24)(H,23,27);1H. The first-order valence-corrected chi connectivity index (χ1v) is 10.3. The molecule has 0 spiro atoms. The molecule has 1 amide bonds. The highest BCUT2D eigenvalue weighted by Gasteiger charge is 2.40. The second-order valence-electron chi connectivity index (χ2n) is 7.80. The summed E-state index contributed by atoms with van der Waals surface area (Å²) >= 11 is 6.11. The molecule has 0 aromatic heterocycles. The molecule has 6 nitrogen and oxygen atoms in total. The van der Waals surface area contributed by atoms with E-state index in [0.717, 1.165) is 56.4 Å². The van der Waals surface area contributed by atoms with E-state index in [9.17, 15) is 4.79 Å². The van der Waals surface area contributed by atoms with Gasteiger partial charge in [-0.25, -0.2) is 0 Å². The first-order chi connectivity index (χ1) is 13.1. The van der Waals surface area contributed by atoms with Crippen molar-refractivity contribution in [3.63, 3.8) is 0 Å². The fourth-order valence-corrected chi connectivity index (χ4v) is 3.94. The van der Waals surface area contributed by atoms with Crippen LogP contribution in [0.15, 0.2) is 29.3 Å². The van der Waals surface area contributed by atoms with E-state index in [-0.39, 0.29) is 29.9 Å². The number of halogens is 2. The number of benzene rings is 1. The lowest BCUT2D eigenvalue weighted by atomic mass is 10.1. The van der Waals surface area contributed by atoms with Crippen molar-refractivity contribution < 1.29 is 4.79 Å². The van der Waals surface area contributed by atoms with Gasteiger partial charge in [0.05, 0.1) is 6.54 Å². The van der Waals surface area contributed by atoms with E-state index < -0.39 is 0 Å². The van der Waals surface area contributed by atoms with Crippen molar-refractivity contribution in [2.75, 3.05) is 39.8 Å². The zero-order valence-corrected chi connectivity index (χ0v) is 19.3. The molecule has 28 heavy (non-hydrogen) atoms. The van der Waals surface area contributed by atoms with Crippen LogP contribution in [0, 0.1) is 0 Å². The minimum Gasteiger partial charge on any atom is -0.353 e. The third kappa shape index (κ3) is 5.73. The van der Waals surface area contributed by atoms with Crippen molar-refractivity contribution in [1.82, 2.24) is 20.4 Å². The molecule has 3 fully saturated rings. The van der Waals surface area contributed by atoms with Crippen molar-refractivity contribution in [3.8, 4) is 0 Å². The van der Waals surface area contributed by atoms with Gasteiger partial charge in [0.1, 0.15) is 0 Å². The predicted octanol–water partition coefficient (Wildman–Crippen LogP) is 2.29. The maximum atomic E-state index is 12.0. The minimum absolute atomic E-state index is 0. The van der Waals surface area contributed by atoms with E-state index >= 15 is 0 Å². The van der Waals surface area contributed by atoms with Crippen molar-refractivity contribution in [2.24, 2.45) is 4.99 Å². The van der Waals surface area contributed by atoms with Gasteiger partial charge in [-0.3, -0.25) is 14.7 Å². The average Bonchev–Trinajstić information content (AvgIpc) is 3.57. The van der Waals surface area contributed by atoms with E-state index in [1.807, 2.05) is 19.2 Å². The molecule has 1 aromatic rings. The summed E-state index contributed by atoms with van der Waals surface area (Å²) in [4.78, 5) is 21.0. The number of rotatable bonds is 5. The van der Waals surface area contributed by atoms with Crippen LogP contribution in [0.5, 0.6) is 0 Å². The van der Waals surface area contributed by atoms with E-state index in [0.29, 0.717) is 24.5 Å². The summed E-state index contributed by atoms with van der Waals surface area (Å²) in [6, 6.07) is 8.99. The van der Waals surface area contributed by atoms with Crippen LogP contribution >= 0.6 is 35.6 Å². The number of carbonyl (C=O) groups excluding carboxylic acids is 1. The van der Waals surface area contributed by atoms with Gasteiger partial charge in [0, 0.05) is 56.3 Å². The topological polar surface area (TPSA) is 60.0 Å². The number of guanidine groups is 1. The van der Waals surface area contributed by atoms with Gasteiger partial charge >= 0.3 is 0 Å². The Hall–Kier alpha value is -1.06. The lowest BCUT2D eigenvalue weighted by Crippen LogP contribution is -2.54. The van der Waals surface area contributed by atoms with Gasteiger partial charge in [-0.1, -0.05) is 23.7 Å². The van der Waals surface area contributed by atoms with Crippen LogP contribution in [-0.2, 0) is 4.79 Å². The molecule has 2 unspecified atom stereocenters. The van der Waals surface area contributed by atoms with Gasteiger partial charge in [0.2, 0.25) is 5.91 Å². The fourth-order valence-electron chi connectivity index (χ4n) is 3.75. The van der Waals surface area contributed by atoms with Gasteiger partial charge in [-0.05, 0) is 37.0 Å². The first-order valence-electron chi connectivity index (χ1n) is 9.88. The number of hydrogen-bond acceptors (Lipinski definition) is 3. The van der Waals surface area contributed by atoms with Crippen LogP contribution in [0.4, 0.5) is 0 Å². The summed E-state index contributed by atoms with van der Waals surface area (Å²) in [7, 11) is 1.84. The maximum Gasteiger partial charge on any atom is 0.234 e. The Bertz CT molecular complexity index is 718. The molecule has 4 rings (SSSR count). The summed E-state index contributed by atoms with van der Waals surface area (Å²) in [5.74, 6) is 1.63. The summed E-state index contributed by atoms with van der Waals surface area (Å²) in [6.07, 6.45) is 3.39. The van der Waals surface area contributed by atoms with Gasteiger partial charge in [0.25, 0.3) is 0 Å². The number of nitrogens with one attached hydrogen (secondary N) is 2. The molecular formula is C20H29ClIN5O. The van der Waals surface area contributed by atoms with E-state index in [1.54, 1.807) is 0 Å². The predicted molar refractivity (Wildman–Crippen MR) is 124 cm³/mol. The van der Waals surface area contributed by atoms with Crippen molar-refractivity contribution in [1.29, 1.82) is 0 Å². The lowest BCUT2D eigenvalue weighted by Gasteiger charge is -2.36. The lowest BCUT2D eigenvalue weighted by molar-refractivity contribution is -0.122. The molecule has 1 aromatic carbocycles. The average molecular weight is 518 g/mol. The summed E-state index contributed by atoms with van der Waals surface area (Å²) in [6.45, 7) is 4.08. The van der Waals surface area contributed by atoms with Crippen molar-refractivity contribution in [2.45, 2.75) is 37.3 Å². The van der Waals surface area contributed by atoms with Crippen LogP contribution in [0.3, 0.4) is 0 Å². The van der Waals surface area contributed by atoms with Crippen LogP contribution in [0.1, 0.15) is 30.7 Å². The molecular weight excluding hydrogens is 489 g/mol. The van der Waals surface area contributed by atoms with Crippen molar-refractivity contribution in [3.05, 3.63) is 34.9 Å². The first kappa shape index (κ1) is 21.6. The molecule has 2 N–H and O–H groups in total. The number of aliphatic imine (C=N–C) groups is 1. The van der Waals surface area contributed by atoms with Crippen LogP contribution in [0.25, 0.3) is 0 Å². The van der Waals surface area contributed by atoms with E-state index in [1.165, 1.54) is 5.56 Å². The Labute approximate surface area is 189 Å². The number of carbonyl (C=O) groups is 1. The summed E-state index contributed by atoms with van der Waals surface area (Å²) < 4.78 is 0. The smallest absolute Gasteiger partial charge is 0.234 e. The molecule has 3 aliphatic rings. The van der Waals surface area contributed by atoms with Gasteiger partial charge in [-0.2, -0.15) is 0 Å². The zero-order valence-electron chi connectivity index (χ0n) is 16.2. The van der Waals surface area contributed by atoms with E-state index in [2.05, 4.69) is 37.6 Å². The van der Waals surface area contributed by atoms with Crippen LogP contribution in [0.2, 0.25) is 5.02 Å². The molecule has 154 valence electrons. The Morgan fingerprint density at radius 3 is 2.61 bits per heavy atom. The SMILES string of the molecule is CN=C(NC1CC1c1cccc(Cl)c1)N1CCN(CC(=O)NC2CC2)CC1.I. The molecule has 1 aliphatic heterocycles. The van der Waals surface area contributed by atoms with Crippen molar-refractivity contribution >= 4 is 47.4 Å². The number of amides is 1. The summed E-state index contributed by atoms with van der Waals surface area (Å²) in [5, 5.41) is 7.46. The molecule has 1 saturated heterocycles. The third-order valence-corrected chi connectivity index (χ3v) is 5.81. The largest absolute Gasteiger partial charge is 0.353 e. The second-order valence-corrected chi connectivity index (χ2v) is 8.24. The highest BCUT2D eigenvalue weighted by atomic mass is 127. The fraction of sp³-hybridized carbons (Fsp3) is 0.600. The third-order valence-electron chi connectivity index (χ3n) is 5.58. The highest BCUT2D eigenvalue weighted by Crippen LogP contribution is 2.41. The van der Waals surface area contributed by atoms with Gasteiger partial charge < -0.3 is 15.5 Å². The number of piperazine rings is 1. The highest BCUT2D eigenvalue weighted by molar-refractivity contribution is 14.0. The van der Waals surface area contributed by atoms with E-state index in [4.69, 9.17) is 11.6 Å². The maximum absolute atomic E-state index is 12.0. The Morgan fingerprint density at radius 2 is 1.96 bits per heavy atom. The molecule has 2 saturated carbocycles. The Morgan fingerprint density at radius 1 is 1.21 bits per heavy atom. The normalized spacial score (nSPS) is 25.1. The summed E-state index contributed by atoms with van der Waals surface area (Å²) in [5.41, 5.74) is 1.29. The van der Waals surface area contributed by atoms with Gasteiger partial charge in [-0.15, -0.1) is 24.0 Å². The zero-order chi connectivity index (χ0) is 18.8. The molecule has 8 heteroatoms. The minimum atomic E-state index is 0. The molecule has 2 atom stereocenters. The number of hydrogen-bond donors (Lipinski definition) is 2. The quantitative estimate of drug-likeness (QED) is 0.358. The van der Waals surface area contributed by atoms with Crippen LogP contribution in [-0.4, -0.2) is 73.5 Å².